The Morgan fingerprint density at radius 1 is 1.15 bits per heavy atom. The summed E-state index contributed by atoms with van der Waals surface area (Å²) in [6, 6.07) is 4.90. The highest BCUT2D eigenvalue weighted by Gasteiger charge is 2.17. The Labute approximate surface area is 155 Å². The Kier molecular flexibility index (Phi) is 4.89. The number of hydrogen-bond acceptors (Lipinski definition) is 5. The zero-order valence-electron chi connectivity index (χ0n) is 15.8. The molecule has 3 rings (SSSR count). The molecule has 3 aromatic rings. The molecule has 8 nitrogen and oxygen atoms in total. The molecule has 2 aromatic heterocycles. The quantitative estimate of drug-likeness (QED) is 0.740. The van der Waals surface area contributed by atoms with E-state index in [4.69, 9.17) is 4.74 Å². The SMILES string of the molecule is CCn1c(=O)c2c(nc(/C=C/c3cc(OC)ccc3O)n2C)n(CC)c1=O. The highest BCUT2D eigenvalue weighted by atomic mass is 16.5. The van der Waals surface area contributed by atoms with Crippen LogP contribution in [-0.4, -0.2) is 30.9 Å². The minimum atomic E-state index is -0.364. The summed E-state index contributed by atoms with van der Waals surface area (Å²) in [4.78, 5) is 29.7. The number of hydrogen-bond donors (Lipinski definition) is 1. The Bertz CT molecular complexity index is 1150. The number of phenolic OH excluding ortho intramolecular Hbond substituents is 1. The van der Waals surface area contributed by atoms with E-state index in [1.54, 1.807) is 56.0 Å². The number of aryl methyl sites for hydroxylation is 2. The first kappa shape index (κ1) is 18.5. The number of nitrogens with zero attached hydrogens (tertiary/aromatic N) is 4. The molecule has 0 saturated carbocycles. The fourth-order valence-corrected chi connectivity index (χ4v) is 3.05. The van der Waals surface area contributed by atoms with Crippen molar-refractivity contribution in [3.63, 3.8) is 0 Å². The first-order chi connectivity index (χ1) is 12.9. The van der Waals surface area contributed by atoms with Gasteiger partial charge in [-0.15, -0.1) is 0 Å². The molecule has 0 aliphatic carbocycles. The summed E-state index contributed by atoms with van der Waals surface area (Å²) in [5.41, 5.74) is 0.555. The summed E-state index contributed by atoms with van der Waals surface area (Å²) < 4.78 is 9.52. The summed E-state index contributed by atoms with van der Waals surface area (Å²) in [6.07, 6.45) is 3.38. The van der Waals surface area contributed by atoms with E-state index < -0.39 is 0 Å². The number of methoxy groups -OCH3 is 1. The summed E-state index contributed by atoms with van der Waals surface area (Å²) in [6.45, 7) is 4.30. The molecule has 0 saturated heterocycles. The molecular formula is C19H22N4O4. The van der Waals surface area contributed by atoms with Crippen LogP contribution in [0.1, 0.15) is 25.2 Å². The zero-order chi connectivity index (χ0) is 19.7. The van der Waals surface area contributed by atoms with Gasteiger partial charge in [-0.2, -0.15) is 0 Å². The maximum absolute atomic E-state index is 12.7. The van der Waals surface area contributed by atoms with E-state index in [-0.39, 0.29) is 17.0 Å². The lowest BCUT2D eigenvalue weighted by Gasteiger charge is -2.08. The van der Waals surface area contributed by atoms with Crippen molar-refractivity contribution in [1.82, 2.24) is 18.7 Å². The lowest BCUT2D eigenvalue weighted by molar-refractivity contribution is 0.412. The number of fused-ring (bicyclic) bond motifs is 1. The molecule has 0 aliphatic heterocycles. The van der Waals surface area contributed by atoms with Crippen molar-refractivity contribution in [3.8, 4) is 11.5 Å². The monoisotopic (exact) mass is 370 g/mol. The molecule has 27 heavy (non-hydrogen) atoms. The normalized spacial score (nSPS) is 11.6. The van der Waals surface area contributed by atoms with Gasteiger partial charge in [-0.1, -0.05) is 0 Å². The van der Waals surface area contributed by atoms with E-state index in [2.05, 4.69) is 4.98 Å². The van der Waals surface area contributed by atoms with Crippen LogP contribution in [0.4, 0.5) is 0 Å². The molecular weight excluding hydrogens is 348 g/mol. The molecule has 0 bridgehead atoms. The van der Waals surface area contributed by atoms with Crippen molar-refractivity contribution in [3.05, 3.63) is 50.4 Å². The standard InChI is InChI=1S/C19H22N4O4/c1-5-22-17-16(18(25)23(6-2)19(22)26)21(3)15(20-17)10-7-12-11-13(27-4)8-9-14(12)24/h7-11,24H,5-6H2,1-4H3/b10-7+. The van der Waals surface area contributed by atoms with Crippen LogP contribution in [0.3, 0.4) is 0 Å². The molecule has 1 N–H and O–H groups in total. The van der Waals surface area contributed by atoms with E-state index in [1.165, 1.54) is 9.13 Å². The number of rotatable bonds is 5. The first-order valence-electron chi connectivity index (χ1n) is 8.68. The third-order valence-electron chi connectivity index (χ3n) is 4.56. The smallest absolute Gasteiger partial charge is 0.332 e. The Balaban J connectivity index is 2.20. The van der Waals surface area contributed by atoms with Crippen molar-refractivity contribution in [2.24, 2.45) is 7.05 Å². The van der Waals surface area contributed by atoms with Crippen molar-refractivity contribution in [2.75, 3.05) is 7.11 Å². The van der Waals surface area contributed by atoms with E-state index in [9.17, 15) is 14.7 Å². The lowest BCUT2D eigenvalue weighted by Crippen LogP contribution is -2.39. The first-order valence-corrected chi connectivity index (χ1v) is 8.68. The van der Waals surface area contributed by atoms with Crippen LogP contribution in [-0.2, 0) is 20.1 Å². The van der Waals surface area contributed by atoms with Crippen LogP contribution in [0.25, 0.3) is 23.3 Å². The maximum atomic E-state index is 12.7. The van der Waals surface area contributed by atoms with E-state index in [0.29, 0.717) is 41.4 Å². The molecule has 0 spiro atoms. The molecule has 2 heterocycles. The third-order valence-corrected chi connectivity index (χ3v) is 4.56. The Morgan fingerprint density at radius 3 is 2.48 bits per heavy atom. The number of aromatic nitrogens is 4. The van der Waals surface area contributed by atoms with E-state index in [1.807, 2.05) is 6.92 Å². The van der Waals surface area contributed by atoms with Crippen molar-refractivity contribution in [2.45, 2.75) is 26.9 Å². The van der Waals surface area contributed by atoms with Gasteiger partial charge in [-0.3, -0.25) is 13.9 Å². The van der Waals surface area contributed by atoms with Gasteiger partial charge in [0.15, 0.2) is 11.2 Å². The maximum Gasteiger partial charge on any atom is 0.332 e. The van der Waals surface area contributed by atoms with Gasteiger partial charge in [0.2, 0.25) is 0 Å². The molecule has 8 heteroatoms. The number of aromatic hydroxyl groups is 1. The van der Waals surface area contributed by atoms with Crippen molar-refractivity contribution < 1.29 is 9.84 Å². The average Bonchev–Trinajstić information content (AvgIpc) is 2.98. The van der Waals surface area contributed by atoms with Crippen LogP contribution in [0.2, 0.25) is 0 Å². The number of imidazole rings is 1. The van der Waals surface area contributed by atoms with E-state index >= 15 is 0 Å². The van der Waals surface area contributed by atoms with Crippen LogP contribution >= 0.6 is 0 Å². The van der Waals surface area contributed by atoms with Crippen molar-refractivity contribution in [1.29, 1.82) is 0 Å². The molecule has 0 amide bonds. The minimum absolute atomic E-state index is 0.101. The Hall–Kier alpha value is -3.29. The molecule has 0 aliphatic rings. The van der Waals surface area contributed by atoms with Gasteiger partial charge in [0.25, 0.3) is 5.56 Å². The summed E-state index contributed by atoms with van der Waals surface area (Å²) in [7, 11) is 3.28. The van der Waals surface area contributed by atoms with Gasteiger partial charge in [0, 0.05) is 25.7 Å². The summed E-state index contributed by atoms with van der Waals surface area (Å²) >= 11 is 0. The van der Waals surface area contributed by atoms with Crippen LogP contribution in [0.5, 0.6) is 11.5 Å². The van der Waals surface area contributed by atoms with Gasteiger partial charge >= 0.3 is 5.69 Å². The second-order valence-electron chi connectivity index (χ2n) is 6.04. The number of benzene rings is 1. The second-order valence-corrected chi connectivity index (χ2v) is 6.04. The second kappa shape index (κ2) is 7.14. The van der Waals surface area contributed by atoms with Gasteiger partial charge in [0.05, 0.1) is 7.11 Å². The topological polar surface area (TPSA) is 91.3 Å². The van der Waals surface area contributed by atoms with Crippen molar-refractivity contribution >= 4 is 23.3 Å². The lowest BCUT2D eigenvalue weighted by atomic mass is 10.1. The minimum Gasteiger partial charge on any atom is -0.507 e. The fraction of sp³-hybridized carbons (Fsp3) is 0.316. The predicted octanol–water partition coefficient (Wildman–Crippen LogP) is 1.82. The number of phenols is 1. The summed E-state index contributed by atoms with van der Waals surface area (Å²) in [5.74, 6) is 1.22. The van der Waals surface area contributed by atoms with Gasteiger partial charge in [-0.25, -0.2) is 9.78 Å². The molecule has 0 unspecified atom stereocenters. The molecule has 0 radical (unpaired) electrons. The number of ether oxygens (including phenoxy) is 1. The van der Waals surface area contributed by atoms with Crippen LogP contribution in [0.15, 0.2) is 27.8 Å². The van der Waals surface area contributed by atoms with Gasteiger partial charge in [-0.05, 0) is 44.2 Å². The molecule has 1 aromatic carbocycles. The average molecular weight is 370 g/mol. The predicted molar refractivity (Wildman–Crippen MR) is 104 cm³/mol. The molecule has 0 fully saturated rings. The largest absolute Gasteiger partial charge is 0.507 e. The Morgan fingerprint density at radius 2 is 1.85 bits per heavy atom. The van der Waals surface area contributed by atoms with E-state index in [0.717, 1.165) is 0 Å². The highest BCUT2D eigenvalue weighted by Crippen LogP contribution is 2.25. The molecule has 142 valence electrons. The third kappa shape index (κ3) is 3.03. The van der Waals surface area contributed by atoms with Gasteiger partial charge < -0.3 is 14.4 Å². The van der Waals surface area contributed by atoms with Gasteiger partial charge in [0.1, 0.15) is 17.3 Å². The zero-order valence-corrected chi connectivity index (χ0v) is 15.8. The fourth-order valence-electron chi connectivity index (χ4n) is 3.05. The van der Waals surface area contributed by atoms with Crippen LogP contribution in [0, 0.1) is 0 Å². The van der Waals surface area contributed by atoms with Crippen LogP contribution < -0.4 is 16.0 Å². The summed E-state index contributed by atoms with van der Waals surface area (Å²) in [5, 5.41) is 10.0. The molecule has 0 atom stereocenters. The highest BCUT2D eigenvalue weighted by molar-refractivity contribution is 5.77.